The summed E-state index contributed by atoms with van der Waals surface area (Å²) in [7, 11) is 4.34. The van der Waals surface area contributed by atoms with Gasteiger partial charge in [-0.25, -0.2) is 0 Å². The van der Waals surface area contributed by atoms with Crippen LogP contribution >= 0.6 is 0 Å². The zero-order chi connectivity index (χ0) is 12.6. The van der Waals surface area contributed by atoms with Crippen molar-refractivity contribution in [3.8, 4) is 0 Å². The summed E-state index contributed by atoms with van der Waals surface area (Å²) in [4.78, 5) is 2.52. The first-order valence-electron chi connectivity index (χ1n) is 8.02. The van der Waals surface area contributed by atoms with E-state index in [0.29, 0.717) is 0 Å². The SMILES string of the molecule is CNCCN(C)CCC12CC3CC(CC(C3)C1)C2. The van der Waals surface area contributed by atoms with Crippen LogP contribution in [0.3, 0.4) is 0 Å². The Kier molecular flexibility index (Phi) is 3.68. The lowest BCUT2D eigenvalue weighted by Gasteiger charge is -2.57. The molecule has 2 heteroatoms. The number of hydrogen-bond acceptors (Lipinski definition) is 2. The first-order valence-corrected chi connectivity index (χ1v) is 8.02. The Bertz CT molecular complexity index is 252. The number of likely N-dealkylation sites (N-methyl/N-ethyl adjacent to an activating group) is 2. The number of nitrogens with one attached hydrogen (secondary N) is 1. The summed E-state index contributed by atoms with van der Waals surface area (Å²) in [5.41, 5.74) is 0.767. The lowest BCUT2D eigenvalue weighted by atomic mass is 9.49. The van der Waals surface area contributed by atoms with Crippen molar-refractivity contribution in [3.63, 3.8) is 0 Å². The second kappa shape index (κ2) is 5.13. The fourth-order valence-electron chi connectivity index (χ4n) is 5.44. The van der Waals surface area contributed by atoms with Gasteiger partial charge in [-0.15, -0.1) is 0 Å². The maximum absolute atomic E-state index is 3.25. The summed E-state index contributed by atoms with van der Waals surface area (Å²) < 4.78 is 0. The van der Waals surface area contributed by atoms with Gasteiger partial charge in [-0.1, -0.05) is 0 Å². The molecule has 0 aromatic carbocycles. The quantitative estimate of drug-likeness (QED) is 0.780. The van der Waals surface area contributed by atoms with Crippen LogP contribution in [0.2, 0.25) is 0 Å². The lowest BCUT2D eigenvalue weighted by Crippen LogP contribution is -2.47. The Morgan fingerprint density at radius 3 is 2.06 bits per heavy atom. The summed E-state index contributed by atoms with van der Waals surface area (Å²) in [5, 5.41) is 3.25. The summed E-state index contributed by atoms with van der Waals surface area (Å²) in [6.45, 7) is 3.63. The van der Waals surface area contributed by atoms with Crippen LogP contribution in [0.25, 0.3) is 0 Å². The topological polar surface area (TPSA) is 15.3 Å². The summed E-state index contributed by atoms with van der Waals surface area (Å²) in [6.07, 6.45) is 10.9. The van der Waals surface area contributed by atoms with Gasteiger partial charge in [0.25, 0.3) is 0 Å². The molecule has 4 saturated carbocycles. The predicted octanol–water partition coefficient (Wildman–Crippen LogP) is 2.74. The normalized spacial score (nSPS) is 41.8. The van der Waals surface area contributed by atoms with Gasteiger partial charge in [0.05, 0.1) is 0 Å². The van der Waals surface area contributed by atoms with E-state index in [2.05, 4.69) is 17.3 Å². The van der Waals surface area contributed by atoms with Gasteiger partial charge in [-0.05, 0) is 88.8 Å². The predicted molar refractivity (Wildman–Crippen MR) is 76.6 cm³/mol. The first-order chi connectivity index (χ1) is 8.69. The minimum absolute atomic E-state index is 0.767. The molecule has 104 valence electrons. The van der Waals surface area contributed by atoms with Gasteiger partial charge in [0.15, 0.2) is 0 Å². The van der Waals surface area contributed by atoms with Crippen molar-refractivity contribution in [3.05, 3.63) is 0 Å². The van der Waals surface area contributed by atoms with E-state index in [9.17, 15) is 0 Å². The van der Waals surface area contributed by atoms with Crippen molar-refractivity contribution in [2.75, 3.05) is 33.7 Å². The molecule has 1 N–H and O–H groups in total. The third kappa shape index (κ3) is 2.60. The van der Waals surface area contributed by atoms with E-state index in [4.69, 9.17) is 0 Å². The zero-order valence-corrected chi connectivity index (χ0v) is 12.3. The van der Waals surface area contributed by atoms with E-state index in [1.54, 1.807) is 38.5 Å². The molecule has 0 aromatic heterocycles. The van der Waals surface area contributed by atoms with Gasteiger partial charge in [-0.2, -0.15) is 0 Å². The van der Waals surface area contributed by atoms with Crippen LogP contribution in [-0.4, -0.2) is 38.6 Å². The first kappa shape index (κ1) is 12.9. The Morgan fingerprint density at radius 2 is 1.56 bits per heavy atom. The van der Waals surface area contributed by atoms with Crippen LogP contribution in [0.4, 0.5) is 0 Å². The van der Waals surface area contributed by atoms with Gasteiger partial charge in [-0.3, -0.25) is 0 Å². The van der Waals surface area contributed by atoms with E-state index in [0.717, 1.165) is 29.7 Å². The number of hydrogen-bond donors (Lipinski definition) is 1. The second-order valence-electron chi connectivity index (χ2n) is 7.57. The van der Waals surface area contributed by atoms with Gasteiger partial charge >= 0.3 is 0 Å². The standard InChI is InChI=1S/C16H30N2/c1-17-4-6-18(2)5-3-16-10-13-7-14(11-16)9-15(8-13)12-16/h13-15,17H,3-12H2,1-2H3. The molecule has 0 spiro atoms. The van der Waals surface area contributed by atoms with E-state index >= 15 is 0 Å². The van der Waals surface area contributed by atoms with Crippen molar-refractivity contribution in [2.45, 2.75) is 44.9 Å². The fraction of sp³-hybridized carbons (Fsp3) is 1.00. The average molecular weight is 250 g/mol. The number of rotatable bonds is 6. The Hall–Kier alpha value is -0.0800. The molecule has 4 bridgehead atoms. The molecule has 4 aliphatic rings. The smallest absolute Gasteiger partial charge is 0.0104 e. The monoisotopic (exact) mass is 250 g/mol. The van der Waals surface area contributed by atoms with E-state index < -0.39 is 0 Å². The van der Waals surface area contributed by atoms with Crippen molar-refractivity contribution in [1.82, 2.24) is 10.2 Å². The summed E-state index contributed by atoms with van der Waals surface area (Å²) in [5.74, 6) is 3.33. The van der Waals surface area contributed by atoms with Crippen LogP contribution in [0, 0.1) is 23.2 Å². The van der Waals surface area contributed by atoms with Gasteiger partial charge in [0.1, 0.15) is 0 Å². The van der Waals surface area contributed by atoms with Gasteiger partial charge < -0.3 is 10.2 Å². The van der Waals surface area contributed by atoms with Crippen molar-refractivity contribution in [2.24, 2.45) is 23.2 Å². The Balaban J connectivity index is 1.52. The molecular weight excluding hydrogens is 220 g/mol. The Labute approximate surface area is 113 Å². The van der Waals surface area contributed by atoms with Crippen LogP contribution in [0.5, 0.6) is 0 Å². The third-order valence-corrected chi connectivity index (χ3v) is 5.93. The highest BCUT2D eigenvalue weighted by atomic mass is 15.1. The van der Waals surface area contributed by atoms with E-state index in [1.165, 1.54) is 19.5 Å². The van der Waals surface area contributed by atoms with Crippen LogP contribution in [-0.2, 0) is 0 Å². The Morgan fingerprint density at radius 1 is 1.00 bits per heavy atom. The van der Waals surface area contributed by atoms with Crippen LogP contribution < -0.4 is 5.32 Å². The van der Waals surface area contributed by atoms with Crippen LogP contribution in [0.15, 0.2) is 0 Å². The highest BCUT2D eigenvalue weighted by molar-refractivity contribution is 5.01. The third-order valence-electron chi connectivity index (χ3n) is 5.93. The van der Waals surface area contributed by atoms with Crippen LogP contribution in [0.1, 0.15) is 44.9 Å². The molecule has 0 heterocycles. The molecule has 4 rings (SSSR count). The zero-order valence-electron chi connectivity index (χ0n) is 12.3. The average Bonchev–Trinajstić information content (AvgIpc) is 2.32. The van der Waals surface area contributed by atoms with Gasteiger partial charge in [0.2, 0.25) is 0 Å². The largest absolute Gasteiger partial charge is 0.318 e. The molecule has 0 saturated heterocycles. The molecule has 4 aliphatic carbocycles. The molecule has 0 amide bonds. The molecule has 0 aliphatic heterocycles. The highest BCUT2D eigenvalue weighted by Gasteiger charge is 2.50. The summed E-state index contributed by atoms with van der Waals surface area (Å²) in [6, 6.07) is 0. The molecule has 0 unspecified atom stereocenters. The second-order valence-corrected chi connectivity index (χ2v) is 7.57. The molecule has 0 radical (unpaired) electrons. The minimum atomic E-state index is 0.767. The molecule has 18 heavy (non-hydrogen) atoms. The van der Waals surface area contributed by atoms with Crippen molar-refractivity contribution < 1.29 is 0 Å². The minimum Gasteiger partial charge on any atom is -0.318 e. The maximum atomic E-state index is 3.25. The maximum Gasteiger partial charge on any atom is 0.0104 e. The van der Waals surface area contributed by atoms with E-state index in [-0.39, 0.29) is 0 Å². The fourth-order valence-corrected chi connectivity index (χ4v) is 5.44. The van der Waals surface area contributed by atoms with Crippen molar-refractivity contribution >= 4 is 0 Å². The highest BCUT2D eigenvalue weighted by Crippen LogP contribution is 2.61. The molecule has 0 atom stereocenters. The molecule has 0 aromatic rings. The molecule has 4 fully saturated rings. The van der Waals surface area contributed by atoms with Crippen molar-refractivity contribution in [1.29, 1.82) is 0 Å². The van der Waals surface area contributed by atoms with Gasteiger partial charge in [0, 0.05) is 13.1 Å². The lowest BCUT2D eigenvalue weighted by molar-refractivity contribution is -0.0601. The summed E-state index contributed by atoms with van der Waals surface area (Å²) >= 11 is 0. The molecular formula is C16H30N2. The number of nitrogens with zero attached hydrogens (tertiary/aromatic N) is 1. The molecule has 2 nitrogen and oxygen atoms in total. The van der Waals surface area contributed by atoms with E-state index in [1.807, 2.05) is 7.05 Å².